The maximum atomic E-state index is 5.60. The Hall–Kier alpha value is -1.06. The molecular weight excluding hydrogens is 479 g/mol. The fourth-order valence-corrected chi connectivity index (χ4v) is 3.91. The summed E-state index contributed by atoms with van der Waals surface area (Å²) in [4.78, 5) is 7.38. The van der Waals surface area contributed by atoms with E-state index in [2.05, 4.69) is 54.5 Å². The van der Waals surface area contributed by atoms with Crippen LogP contribution in [-0.2, 0) is 10.2 Å². The Morgan fingerprint density at radius 1 is 1.21 bits per heavy atom. The van der Waals surface area contributed by atoms with Gasteiger partial charge in [0, 0.05) is 42.7 Å². The standard InChI is InChI=1S/C22H36N4O2.HI/c1-5-23-20(24-16-21(2,3)26-12-14-28-15-13-26)25-17-22(10-11-22)18-8-6-7-9-19(18)27-4;/h6-9H,5,10-17H2,1-4H3,(H2,23,24,25);1H. The number of ether oxygens (including phenoxy) is 2. The molecule has 0 radical (unpaired) electrons. The minimum atomic E-state index is 0. The van der Waals surface area contributed by atoms with Gasteiger partial charge in [0.25, 0.3) is 0 Å². The molecule has 1 saturated heterocycles. The molecule has 7 heteroatoms. The van der Waals surface area contributed by atoms with Crippen LogP contribution in [0.15, 0.2) is 29.3 Å². The second-order valence-corrected chi connectivity index (χ2v) is 8.44. The summed E-state index contributed by atoms with van der Waals surface area (Å²) in [5.41, 5.74) is 1.48. The van der Waals surface area contributed by atoms with E-state index in [0.717, 1.165) is 57.6 Å². The van der Waals surface area contributed by atoms with E-state index in [1.54, 1.807) is 7.11 Å². The van der Waals surface area contributed by atoms with Crippen LogP contribution in [0.25, 0.3) is 0 Å². The number of guanidine groups is 1. The highest BCUT2D eigenvalue weighted by atomic mass is 127. The summed E-state index contributed by atoms with van der Waals surface area (Å²) in [7, 11) is 1.75. The highest BCUT2D eigenvalue weighted by Crippen LogP contribution is 2.50. The van der Waals surface area contributed by atoms with Gasteiger partial charge in [0.2, 0.25) is 0 Å². The number of nitrogens with zero attached hydrogens (tertiary/aromatic N) is 2. The quantitative estimate of drug-likeness (QED) is 0.316. The monoisotopic (exact) mass is 516 g/mol. The molecule has 6 nitrogen and oxygen atoms in total. The molecule has 0 atom stereocenters. The molecule has 0 unspecified atom stereocenters. The summed E-state index contributed by atoms with van der Waals surface area (Å²) in [5.74, 6) is 1.88. The summed E-state index contributed by atoms with van der Waals surface area (Å²) >= 11 is 0. The van der Waals surface area contributed by atoms with E-state index in [-0.39, 0.29) is 34.9 Å². The van der Waals surface area contributed by atoms with Gasteiger partial charge < -0.3 is 20.1 Å². The molecule has 0 bridgehead atoms. The van der Waals surface area contributed by atoms with Crippen LogP contribution in [0.1, 0.15) is 39.2 Å². The Bertz CT molecular complexity index is 671. The zero-order valence-electron chi connectivity index (χ0n) is 18.3. The van der Waals surface area contributed by atoms with Crippen molar-refractivity contribution in [3.63, 3.8) is 0 Å². The van der Waals surface area contributed by atoms with Crippen molar-refractivity contribution in [3.05, 3.63) is 29.8 Å². The van der Waals surface area contributed by atoms with Crippen molar-refractivity contribution < 1.29 is 9.47 Å². The summed E-state index contributed by atoms with van der Waals surface area (Å²) in [6.07, 6.45) is 2.36. The lowest BCUT2D eigenvalue weighted by molar-refractivity contribution is -0.00683. The molecule has 1 saturated carbocycles. The summed E-state index contributed by atoms with van der Waals surface area (Å²) in [6.45, 7) is 12.7. The van der Waals surface area contributed by atoms with Crippen molar-refractivity contribution in [2.75, 3.05) is 53.0 Å². The zero-order chi connectivity index (χ0) is 20.0. The van der Waals surface area contributed by atoms with Crippen LogP contribution in [0.4, 0.5) is 0 Å². The van der Waals surface area contributed by atoms with Gasteiger partial charge in [-0.3, -0.25) is 9.89 Å². The lowest BCUT2D eigenvalue weighted by Gasteiger charge is -2.40. The van der Waals surface area contributed by atoms with Gasteiger partial charge in [-0.15, -0.1) is 24.0 Å². The van der Waals surface area contributed by atoms with E-state index >= 15 is 0 Å². The Morgan fingerprint density at radius 2 is 1.90 bits per heavy atom. The lowest BCUT2D eigenvalue weighted by atomic mass is 9.95. The molecular formula is C22H37IN4O2. The molecule has 1 aliphatic carbocycles. The molecule has 2 fully saturated rings. The summed E-state index contributed by atoms with van der Waals surface area (Å²) < 4.78 is 11.1. The van der Waals surface area contributed by atoms with E-state index in [0.29, 0.717) is 0 Å². The molecule has 1 heterocycles. The number of halogens is 1. The topological polar surface area (TPSA) is 58.1 Å². The maximum Gasteiger partial charge on any atom is 0.191 e. The SMILES string of the molecule is CCNC(=NCC(C)(C)N1CCOCC1)NCC1(c2ccccc2OC)CC1.I. The van der Waals surface area contributed by atoms with Gasteiger partial charge in [0.05, 0.1) is 26.9 Å². The number of para-hydroxylation sites is 1. The minimum Gasteiger partial charge on any atom is -0.496 e. The van der Waals surface area contributed by atoms with Crippen LogP contribution >= 0.6 is 24.0 Å². The second kappa shape index (κ2) is 10.8. The van der Waals surface area contributed by atoms with Crippen LogP contribution in [-0.4, -0.2) is 69.4 Å². The first-order valence-corrected chi connectivity index (χ1v) is 10.5. The molecule has 2 N–H and O–H groups in total. The van der Waals surface area contributed by atoms with Crippen molar-refractivity contribution >= 4 is 29.9 Å². The van der Waals surface area contributed by atoms with Crippen molar-refractivity contribution in [2.24, 2.45) is 4.99 Å². The molecule has 0 amide bonds. The van der Waals surface area contributed by atoms with Gasteiger partial charge in [-0.25, -0.2) is 0 Å². The summed E-state index contributed by atoms with van der Waals surface area (Å²) in [6, 6.07) is 8.38. The Morgan fingerprint density at radius 3 is 2.52 bits per heavy atom. The molecule has 1 aromatic carbocycles. The smallest absolute Gasteiger partial charge is 0.191 e. The molecule has 29 heavy (non-hydrogen) atoms. The van der Waals surface area contributed by atoms with E-state index in [4.69, 9.17) is 14.5 Å². The van der Waals surface area contributed by atoms with Gasteiger partial charge in [-0.05, 0) is 39.7 Å². The highest BCUT2D eigenvalue weighted by Gasteiger charge is 2.46. The van der Waals surface area contributed by atoms with Crippen LogP contribution in [0.2, 0.25) is 0 Å². The Balaban J connectivity index is 0.00000300. The number of morpholine rings is 1. The molecule has 164 valence electrons. The van der Waals surface area contributed by atoms with E-state index in [9.17, 15) is 0 Å². The fourth-order valence-electron chi connectivity index (χ4n) is 3.91. The first-order valence-electron chi connectivity index (χ1n) is 10.5. The molecule has 0 aromatic heterocycles. The maximum absolute atomic E-state index is 5.60. The van der Waals surface area contributed by atoms with E-state index in [1.165, 1.54) is 18.4 Å². The number of methoxy groups -OCH3 is 1. The fraction of sp³-hybridized carbons (Fsp3) is 0.682. The molecule has 3 rings (SSSR count). The first-order chi connectivity index (χ1) is 13.5. The first kappa shape index (κ1) is 24.2. The van der Waals surface area contributed by atoms with Crippen molar-refractivity contribution in [1.29, 1.82) is 0 Å². The van der Waals surface area contributed by atoms with E-state index in [1.807, 2.05) is 6.07 Å². The van der Waals surface area contributed by atoms with Crippen LogP contribution in [0, 0.1) is 0 Å². The molecule has 0 spiro atoms. The Labute approximate surface area is 192 Å². The number of rotatable bonds is 8. The molecule has 1 aliphatic heterocycles. The average molecular weight is 516 g/mol. The summed E-state index contributed by atoms with van der Waals surface area (Å²) in [5, 5.41) is 6.99. The van der Waals surface area contributed by atoms with Crippen LogP contribution < -0.4 is 15.4 Å². The van der Waals surface area contributed by atoms with E-state index < -0.39 is 0 Å². The van der Waals surface area contributed by atoms with Crippen molar-refractivity contribution in [2.45, 2.75) is 44.6 Å². The number of hydrogen-bond donors (Lipinski definition) is 2. The van der Waals surface area contributed by atoms with Crippen LogP contribution in [0.3, 0.4) is 0 Å². The number of benzene rings is 1. The number of nitrogens with one attached hydrogen (secondary N) is 2. The number of aliphatic imine (C=N–C) groups is 1. The van der Waals surface area contributed by atoms with Gasteiger partial charge >= 0.3 is 0 Å². The number of hydrogen-bond acceptors (Lipinski definition) is 4. The van der Waals surface area contributed by atoms with Gasteiger partial charge in [-0.2, -0.15) is 0 Å². The predicted octanol–water partition coefficient (Wildman–Crippen LogP) is 3.01. The second-order valence-electron chi connectivity index (χ2n) is 8.44. The normalized spacial score (nSPS) is 19.2. The third-order valence-corrected chi connectivity index (χ3v) is 5.96. The predicted molar refractivity (Wildman–Crippen MR) is 130 cm³/mol. The molecule has 2 aliphatic rings. The highest BCUT2D eigenvalue weighted by molar-refractivity contribution is 14.0. The van der Waals surface area contributed by atoms with Crippen LogP contribution in [0.5, 0.6) is 5.75 Å². The lowest BCUT2D eigenvalue weighted by Crippen LogP contribution is -2.52. The Kier molecular flexibility index (Phi) is 9.03. The third kappa shape index (κ3) is 6.21. The van der Waals surface area contributed by atoms with Crippen molar-refractivity contribution in [1.82, 2.24) is 15.5 Å². The van der Waals surface area contributed by atoms with Gasteiger partial charge in [0.1, 0.15) is 5.75 Å². The van der Waals surface area contributed by atoms with Gasteiger partial charge in [0.15, 0.2) is 5.96 Å². The average Bonchev–Trinajstić information content (AvgIpc) is 3.52. The third-order valence-electron chi connectivity index (χ3n) is 5.96. The minimum absolute atomic E-state index is 0. The largest absolute Gasteiger partial charge is 0.496 e. The zero-order valence-corrected chi connectivity index (χ0v) is 20.6. The van der Waals surface area contributed by atoms with Crippen molar-refractivity contribution in [3.8, 4) is 5.75 Å². The van der Waals surface area contributed by atoms with Gasteiger partial charge in [-0.1, -0.05) is 18.2 Å². The molecule has 1 aromatic rings.